The van der Waals surface area contributed by atoms with E-state index in [-0.39, 0.29) is 88.7 Å². The fraction of sp³-hybridized carbons (Fsp3) is 0.632. The van der Waals surface area contributed by atoms with E-state index in [4.69, 9.17) is 24.2 Å². The monoisotopic (exact) mass is 804 g/mol. The molecule has 3 heterocycles. The number of ether oxygens (including phenoxy) is 3. The first-order valence-electron chi connectivity index (χ1n) is 18.9. The van der Waals surface area contributed by atoms with Crippen LogP contribution in [0.15, 0.2) is 30.9 Å². The molecule has 292 valence electrons. The Bertz CT molecular complexity index is 1970. The average Bonchev–Trinajstić information content (AvgIpc) is 4.04. The van der Waals surface area contributed by atoms with Crippen molar-refractivity contribution in [1.29, 1.82) is 0 Å². The SMILES string of the molecule is C=C[C@H]1C[C@]1(NC(=O)[C@H]1C[C@@H]2CN1C(=O)[C@@H](C(C)(C)C)NC(=O)O[C@@H]1C[C@H]1CCCCCc1nc3ccc(OC)cc3nc1O2)C(=O)[N-]S(=O)(=O)C1CC1.[K+]. The Labute approximate surface area is 364 Å². The van der Waals surface area contributed by atoms with Gasteiger partial charge in [-0.2, -0.15) is 0 Å². The van der Waals surface area contributed by atoms with Crippen molar-refractivity contribution in [3.8, 4) is 11.6 Å². The van der Waals surface area contributed by atoms with E-state index in [2.05, 4.69) is 21.9 Å². The van der Waals surface area contributed by atoms with Gasteiger partial charge in [-0.05, 0) is 68.4 Å². The van der Waals surface area contributed by atoms with Crippen LogP contribution >= 0.6 is 0 Å². The van der Waals surface area contributed by atoms with E-state index < -0.39 is 74.1 Å². The van der Waals surface area contributed by atoms with Crippen LogP contribution in [0.5, 0.6) is 11.6 Å². The third-order valence-corrected chi connectivity index (χ3v) is 12.9. The molecule has 2 bridgehead atoms. The minimum absolute atomic E-state index is 0. The van der Waals surface area contributed by atoms with Crippen LogP contribution in [0.2, 0.25) is 0 Å². The Morgan fingerprint density at radius 3 is 2.53 bits per heavy atom. The Hall–Kier alpha value is -2.83. The van der Waals surface area contributed by atoms with Crippen LogP contribution in [0.4, 0.5) is 4.79 Å². The molecule has 5 aliphatic rings. The van der Waals surface area contributed by atoms with Crippen molar-refractivity contribution in [3.05, 3.63) is 41.3 Å². The summed E-state index contributed by atoms with van der Waals surface area (Å²) in [5.74, 6) is -1.59. The summed E-state index contributed by atoms with van der Waals surface area (Å²) < 4.78 is 46.6. The van der Waals surface area contributed by atoms with Gasteiger partial charge in [0, 0.05) is 23.7 Å². The van der Waals surface area contributed by atoms with E-state index in [1.807, 2.05) is 12.1 Å². The topological polar surface area (TPSA) is 197 Å². The number of alkyl carbamates (subject to hydrolysis) is 1. The molecule has 3 saturated carbocycles. The number of fused-ring (bicyclic) bond motifs is 5. The summed E-state index contributed by atoms with van der Waals surface area (Å²) in [6.07, 6.45) is 5.77. The number of benzene rings is 1. The number of nitrogens with one attached hydrogen (secondary N) is 2. The van der Waals surface area contributed by atoms with Gasteiger partial charge in [0.05, 0.1) is 46.2 Å². The van der Waals surface area contributed by atoms with Crippen molar-refractivity contribution < 1.29 is 93.2 Å². The molecule has 1 saturated heterocycles. The number of hydrogen-bond acceptors (Lipinski definition) is 11. The van der Waals surface area contributed by atoms with Gasteiger partial charge in [0.2, 0.25) is 17.7 Å². The van der Waals surface area contributed by atoms with E-state index in [0.29, 0.717) is 41.7 Å². The molecule has 1 aromatic heterocycles. The quantitative estimate of drug-likeness (QED) is 0.300. The normalized spacial score (nSPS) is 29.7. The summed E-state index contributed by atoms with van der Waals surface area (Å²) >= 11 is 0. The Kier molecular flexibility index (Phi) is 12.3. The predicted octanol–water partition coefficient (Wildman–Crippen LogP) is 1.09. The molecule has 4 fully saturated rings. The smallest absolute Gasteiger partial charge is 0.544 e. The van der Waals surface area contributed by atoms with Crippen LogP contribution in [-0.4, -0.2) is 95.8 Å². The van der Waals surface area contributed by atoms with Gasteiger partial charge in [-0.15, -0.1) is 6.58 Å². The zero-order valence-electron chi connectivity index (χ0n) is 32.2. The number of rotatable bonds is 7. The number of carbonyl (C=O) groups is 4. The first kappa shape index (κ1) is 41.8. The van der Waals surface area contributed by atoms with Crippen LogP contribution in [0.25, 0.3) is 15.8 Å². The molecule has 55 heavy (non-hydrogen) atoms. The summed E-state index contributed by atoms with van der Waals surface area (Å²) in [6, 6.07) is 3.17. The van der Waals surface area contributed by atoms with Crippen molar-refractivity contribution in [2.75, 3.05) is 13.7 Å². The first-order valence-corrected chi connectivity index (χ1v) is 20.4. The van der Waals surface area contributed by atoms with Crippen molar-refractivity contribution in [1.82, 2.24) is 25.5 Å². The molecule has 17 heteroatoms. The minimum atomic E-state index is -4.03. The van der Waals surface area contributed by atoms with E-state index >= 15 is 0 Å². The molecule has 0 spiro atoms. The second-order valence-corrected chi connectivity index (χ2v) is 18.3. The molecule has 3 aliphatic carbocycles. The average molecular weight is 805 g/mol. The molecule has 2 aliphatic heterocycles. The Morgan fingerprint density at radius 2 is 1.85 bits per heavy atom. The molecule has 4 amide bonds. The summed E-state index contributed by atoms with van der Waals surface area (Å²) in [6.45, 7) is 9.14. The molecule has 2 N–H and O–H groups in total. The summed E-state index contributed by atoms with van der Waals surface area (Å²) in [5.41, 5.74) is -0.522. The molecule has 15 nitrogen and oxygen atoms in total. The summed E-state index contributed by atoms with van der Waals surface area (Å²) in [4.78, 5) is 66.7. The zero-order valence-corrected chi connectivity index (χ0v) is 36.1. The van der Waals surface area contributed by atoms with E-state index in [0.717, 1.165) is 32.1 Å². The van der Waals surface area contributed by atoms with E-state index in [1.165, 1.54) is 11.0 Å². The van der Waals surface area contributed by atoms with Crippen LogP contribution in [0, 0.1) is 17.3 Å². The molecule has 1 aromatic carbocycles. The fourth-order valence-electron chi connectivity index (χ4n) is 7.58. The van der Waals surface area contributed by atoms with Crippen LogP contribution in [0.1, 0.15) is 84.3 Å². The molecule has 2 aromatic rings. The number of hydrogen-bond donors (Lipinski definition) is 2. The Morgan fingerprint density at radius 1 is 1.09 bits per heavy atom. The minimum Gasteiger partial charge on any atom is -0.544 e. The molecule has 0 radical (unpaired) electrons. The predicted molar refractivity (Wildman–Crippen MR) is 197 cm³/mol. The first-order chi connectivity index (χ1) is 25.6. The molecule has 7 rings (SSSR count). The maximum atomic E-state index is 14.6. The fourth-order valence-corrected chi connectivity index (χ4v) is 8.85. The molecular weight excluding hydrogens is 756 g/mol. The number of aryl methyl sites for hydroxylation is 1. The number of nitrogens with zero attached hydrogens (tertiary/aromatic N) is 4. The summed E-state index contributed by atoms with van der Waals surface area (Å²) in [5, 5.41) is 4.87. The molecule has 0 unspecified atom stereocenters. The standard InChI is InChI=1S/C38H50N6O9S.K/c1-6-22-19-38(22,35(47)43-54(49,50)25-13-14-25)42-32(45)29-18-24-20-44(29)34(46)31(37(2,3)4)41-36(48)53-30-16-21(30)10-8-7-9-11-27-33(52-24)40-28-17-23(51-5)12-15-26(28)39-27;/h6,12,15,17,21-22,24-25,29-31H,1,7-11,13-14,16,18-20H2,2-5H3,(H3,41,42,43,45,47,48);/q;+1/p-1/t21-,22+,24-,29-,30-,31+,38-;/m1./s1. The second kappa shape index (κ2) is 16.2. The van der Waals surface area contributed by atoms with Gasteiger partial charge in [-0.25, -0.2) is 23.2 Å². The maximum Gasteiger partial charge on any atom is 1.00 e. The largest absolute Gasteiger partial charge is 1.00 e. The van der Waals surface area contributed by atoms with Gasteiger partial charge in [-0.1, -0.05) is 39.7 Å². The number of carbonyl (C=O) groups excluding carboxylic acids is 4. The molecular formula is C38H49KN6O9S. The van der Waals surface area contributed by atoms with E-state index in [9.17, 15) is 27.6 Å². The van der Waals surface area contributed by atoms with Gasteiger partial charge in [0.25, 0.3) is 0 Å². The van der Waals surface area contributed by atoms with Gasteiger partial charge in [-0.3, -0.25) is 9.59 Å². The van der Waals surface area contributed by atoms with Gasteiger partial charge in [0.1, 0.15) is 35.7 Å². The van der Waals surface area contributed by atoms with Gasteiger partial charge >= 0.3 is 57.5 Å². The number of aromatic nitrogens is 2. The van der Waals surface area contributed by atoms with Crippen LogP contribution in [-0.2, 0) is 35.6 Å². The van der Waals surface area contributed by atoms with Crippen molar-refractivity contribution in [2.24, 2.45) is 17.3 Å². The number of amides is 4. The van der Waals surface area contributed by atoms with Crippen LogP contribution < -0.4 is 71.5 Å². The van der Waals surface area contributed by atoms with Gasteiger partial charge in [0.15, 0.2) is 0 Å². The summed E-state index contributed by atoms with van der Waals surface area (Å²) in [7, 11) is -2.46. The maximum absolute atomic E-state index is 14.6. The van der Waals surface area contributed by atoms with Crippen LogP contribution in [0.3, 0.4) is 0 Å². The number of methoxy groups -OCH3 is 1. The third-order valence-electron chi connectivity index (χ3n) is 11.2. The van der Waals surface area contributed by atoms with Gasteiger partial charge < -0.3 is 39.3 Å². The van der Waals surface area contributed by atoms with Crippen molar-refractivity contribution >= 4 is 44.9 Å². The van der Waals surface area contributed by atoms with E-state index in [1.54, 1.807) is 33.9 Å². The Balaban J connectivity index is 0.00000514. The number of sulfonamides is 1. The third kappa shape index (κ3) is 9.17. The molecule has 7 atom stereocenters. The second-order valence-electron chi connectivity index (χ2n) is 16.4. The van der Waals surface area contributed by atoms with Crippen molar-refractivity contribution in [2.45, 2.75) is 120 Å². The van der Waals surface area contributed by atoms with Crippen molar-refractivity contribution in [3.63, 3.8) is 0 Å². The zero-order chi connectivity index (χ0) is 38.6.